The second-order valence-corrected chi connectivity index (χ2v) is 4.46. The van der Waals surface area contributed by atoms with Crippen molar-refractivity contribution in [2.75, 3.05) is 13.1 Å². The first-order chi connectivity index (χ1) is 7.42. The second kappa shape index (κ2) is 3.81. The van der Waals surface area contributed by atoms with E-state index >= 15 is 0 Å². The van der Waals surface area contributed by atoms with E-state index in [1.807, 2.05) is 0 Å². The van der Waals surface area contributed by atoms with Crippen LogP contribution in [0.5, 0.6) is 0 Å². The number of hydrogen-bond acceptors (Lipinski definition) is 3. The molecule has 0 aromatic carbocycles. The smallest absolute Gasteiger partial charge is 0.180 e. The van der Waals surface area contributed by atoms with E-state index in [9.17, 15) is 0 Å². The molecule has 1 aromatic rings. The number of allylic oxidation sites excluding steroid dienone is 1. The van der Waals surface area contributed by atoms with Gasteiger partial charge in [0.2, 0.25) is 0 Å². The van der Waals surface area contributed by atoms with Gasteiger partial charge in [-0.1, -0.05) is 11.1 Å². The Bertz CT molecular complexity index is 351. The molecule has 2 aliphatic rings. The van der Waals surface area contributed by atoms with Crippen LogP contribution < -0.4 is 0 Å². The predicted octanol–water partition coefficient (Wildman–Crippen LogP) is 2.36. The van der Waals surface area contributed by atoms with Crippen LogP contribution in [0.25, 0.3) is 0 Å². The molecule has 1 aliphatic heterocycles. The molecule has 2 heterocycles. The highest BCUT2D eigenvalue weighted by Gasteiger charge is 2.22. The van der Waals surface area contributed by atoms with Gasteiger partial charge in [-0.25, -0.2) is 4.98 Å². The Balaban J connectivity index is 1.56. The number of likely N-dealkylation sites (tertiary alicyclic amines) is 1. The molecular weight excluding hydrogens is 188 g/mol. The summed E-state index contributed by atoms with van der Waals surface area (Å²) in [4.78, 5) is 6.62. The monoisotopic (exact) mass is 204 g/mol. The molecule has 0 spiro atoms. The van der Waals surface area contributed by atoms with Gasteiger partial charge in [-0.05, 0) is 25.7 Å². The van der Waals surface area contributed by atoms with Crippen molar-refractivity contribution in [3.05, 3.63) is 29.5 Å². The summed E-state index contributed by atoms with van der Waals surface area (Å²) in [5.74, 6) is 0. The number of rotatable bonds is 2. The second-order valence-electron chi connectivity index (χ2n) is 4.46. The summed E-state index contributed by atoms with van der Waals surface area (Å²) in [5, 5.41) is 0. The van der Waals surface area contributed by atoms with Gasteiger partial charge in [0.05, 0.1) is 5.69 Å². The molecule has 80 valence electrons. The molecule has 3 heteroatoms. The van der Waals surface area contributed by atoms with Crippen molar-refractivity contribution in [2.45, 2.75) is 32.2 Å². The highest BCUT2D eigenvalue weighted by Crippen LogP contribution is 2.36. The van der Waals surface area contributed by atoms with Crippen molar-refractivity contribution < 1.29 is 4.42 Å². The van der Waals surface area contributed by atoms with Gasteiger partial charge < -0.3 is 4.42 Å². The minimum Gasteiger partial charge on any atom is -0.451 e. The Kier molecular flexibility index (Phi) is 2.33. The first-order valence-electron chi connectivity index (χ1n) is 5.71. The lowest BCUT2D eigenvalue weighted by molar-refractivity contribution is 0.245. The highest BCUT2D eigenvalue weighted by molar-refractivity contribution is 5.26. The predicted molar refractivity (Wildman–Crippen MR) is 57.3 cm³/mol. The molecule has 0 atom stereocenters. The Morgan fingerprint density at radius 2 is 1.87 bits per heavy atom. The van der Waals surface area contributed by atoms with Crippen molar-refractivity contribution in [1.82, 2.24) is 9.88 Å². The Morgan fingerprint density at radius 3 is 2.47 bits per heavy atom. The molecule has 3 nitrogen and oxygen atoms in total. The fraction of sp³-hybridized carbons (Fsp3) is 0.583. The third-order valence-corrected chi connectivity index (χ3v) is 3.33. The van der Waals surface area contributed by atoms with Crippen molar-refractivity contribution in [3.8, 4) is 0 Å². The summed E-state index contributed by atoms with van der Waals surface area (Å²) in [5.41, 5.74) is 4.54. The third-order valence-electron chi connectivity index (χ3n) is 3.33. The normalized spacial score (nSPS) is 22.1. The molecule has 1 aromatic heterocycles. The van der Waals surface area contributed by atoms with Crippen LogP contribution in [0.15, 0.2) is 28.2 Å². The Morgan fingerprint density at radius 1 is 1.13 bits per heavy atom. The highest BCUT2D eigenvalue weighted by atomic mass is 16.3. The van der Waals surface area contributed by atoms with Crippen LogP contribution in [-0.4, -0.2) is 23.0 Å². The lowest BCUT2D eigenvalue weighted by Gasteiger charge is -2.27. The Hall–Kier alpha value is -1.09. The standard InChI is InChI=1S/C12H16N2O/c1-2-10(1)11-3-5-14(6-4-11)7-12-8-15-9-13-12/h8-9H,1-7H2. The summed E-state index contributed by atoms with van der Waals surface area (Å²) >= 11 is 0. The maximum absolute atomic E-state index is 4.98. The van der Waals surface area contributed by atoms with Gasteiger partial charge in [-0.15, -0.1) is 0 Å². The number of aromatic nitrogens is 1. The summed E-state index contributed by atoms with van der Waals surface area (Å²) in [6, 6.07) is 0. The molecule has 1 saturated carbocycles. The van der Waals surface area contributed by atoms with E-state index in [4.69, 9.17) is 4.42 Å². The van der Waals surface area contributed by atoms with Crippen molar-refractivity contribution >= 4 is 0 Å². The van der Waals surface area contributed by atoms with Crippen LogP contribution in [0, 0.1) is 0 Å². The maximum Gasteiger partial charge on any atom is 0.180 e. The number of oxazole rings is 1. The van der Waals surface area contributed by atoms with Crippen LogP contribution in [0.2, 0.25) is 0 Å². The summed E-state index contributed by atoms with van der Waals surface area (Å²) in [6.45, 7) is 3.32. The Labute approximate surface area is 89.8 Å². The molecule has 0 radical (unpaired) electrons. The molecular formula is C12H16N2O. The fourth-order valence-corrected chi connectivity index (χ4v) is 2.30. The van der Waals surface area contributed by atoms with E-state index in [0.717, 1.165) is 12.2 Å². The number of hydrogen-bond donors (Lipinski definition) is 0. The van der Waals surface area contributed by atoms with E-state index in [0.29, 0.717) is 0 Å². The van der Waals surface area contributed by atoms with Gasteiger partial charge in [0.1, 0.15) is 6.26 Å². The van der Waals surface area contributed by atoms with Crippen LogP contribution in [0.4, 0.5) is 0 Å². The maximum atomic E-state index is 4.98. The van der Waals surface area contributed by atoms with Crippen molar-refractivity contribution in [3.63, 3.8) is 0 Å². The molecule has 0 unspecified atom stereocenters. The van der Waals surface area contributed by atoms with E-state index < -0.39 is 0 Å². The van der Waals surface area contributed by atoms with Gasteiger partial charge in [-0.3, -0.25) is 4.90 Å². The zero-order valence-corrected chi connectivity index (χ0v) is 8.91. The zero-order chi connectivity index (χ0) is 10.1. The first kappa shape index (κ1) is 9.16. The molecule has 15 heavy (non-hydrogen) atoms. The average molecular weight is 204 g/mol. The van der Waals surface area contributed by atoms with Crippen LogP contribution in [-0.2, 0) is 6.54 Å². The molecule has 0 amide bonds. The first-order valence-corrected chi connectivity index (χ1v) is 5.71. The zero-order valence-electron chi connectivity index (χ0n) is 8.91. The van der Waals surface area contributed by atoms with Crippen LogP contribution in [0.1, 0.15) is 31.4 Å². The molecule has 1 saturated heterocycles. The van der Waals surface area contributed by atoms with Crippen molar-refractivity contribution in [2.24, 2.45) is 0 Å². The molecule has 3 rings (SSSR count). The van der Waals surface area contributed by atoms with Gasteiger partial charge in [-0.2, -0.15) is 0 Å². The summed E-state index contributed by atoms with van der Waals surface area (Å²) in [7, 11) is 0. The van der Waals surface area contributed by atoms with Gasteiger partial charge in [0, 0.05) is 19.6 Å². The lowest BCUT2D eigenvalue weighted by Crippen LogP contribution is -2.30. The largest absolute Gasteiger partial charge is 0.451 e. The third kappa shape index (κ3) is 2.12. The summed E-state index contributed by atoms with van der Waals surface area (Å²) < 4.78 is 4.98. The minimum absolute atomic E-state index is 0.944. The quantitative estimate of drug-likeness (QED) is 0.692. The van der Waals surface area contributed by atoms with Crippen molar-refractivity contribution in [1.29, 1.82) is 0 Å². The van der Waals surface area contributed by atoms with Crippen LogP contribution in [0.3, 0.4) is 0 Å². The number of piperidine rings is 1. The van der Waals surface area contributed by atoms with E-state index in [1.54, 1.807) is 17.4 Å². The fourth-order valence-electron chi connectivity index (χ4n) is 2.30. The van der Waals surface area contributed by atoms with E-state index in [2.05, 4.69) is 9.88 Å². The van der Waals surface area contributed by atoms with Gasteiger partial charge in [0.15, 0.2) is 6.39 Å². The molecule has 0 bridgehead atoms. The summed E-state index contributed by atoms with van der Waals surface area (Å²) in [6.07, 6.45) is 8.55. The van der Waals surface area contributed by atoms with E-state index in [1.165, 1.54) is 45.2 Å². The van der Waals surface area contributed by atoms with Gasteiger partial charge >= 0.3 is 0 Å². The number of nitrogens with zero attached hydrogens (tertiary/aromatic N) is 2. The average Bonchev–Trinajstić information content (AvgIpc) is 2.99. The molecule has 2 fully saturated rings. The minimum atomic E-state index is 0.944. The van der Waals surface area contributed by atoms with Crippen LogP contribution >= 0.6 is 0 Å². The molecule has 0 N–H and O–H groups in total. The lowest BCUT2D eigenvalue weighted by atomic mass is 10.0. The van der Waals surface area contributed by atoms with E-state index in [-0.39, 0.29) is 0 Å². The molecule has 1 aliphatic carbocycles. The van der Waals surface area contributed by atoms with Gasteiger partial charge in [0.25, 0.3) is 0 Å². The topological polar surface area (TPSA) is 29.3 Å². The SMILES string of the molecule is c1nc(CN2CCC(=C3CC3)CC2)co1.